The molecule has 2 aromatic carbocycles. The lowest BCUT2D eigenvalue weighted by molar-refractivity contribution is 0.394. The Kier molecular flexibility index (Phi) is 3.87. The summed E-state index contributed by atoms with van der Waals surface area (Å²) in [6.07, 6.45) is 0.735. The Morgan fingerprint density at radius 2 is 1.79 bits per heavy atom. The fourth-order valence-electron chi connectivity index (χ4n) is 2.25. The van der Waals surface area contributed by atoms with Crippen LogP contribution in [0.1, 0.15) is 26.3 Å². The van der Waals surface area contributed by atoms with E-state index in [2.05, 4.69) is 62.5 Å². The maximum Gasteiger partial charge on any atom is 0.0997 e. The molecule has 0 aliphatic carbocycles. The van der Waals surface area contributed by atoms with Crippen LogP contribution in [0.3, 0.4) is 0 Å². The third-order valence-corrected chi connectivity index (χ3v) is 3.02. The largest absolute Gasteiger partial charge is 0.297 e. The molecule has 0 radical (unpaired) electrons. The number of fused-ring (bicyclic) bond motifs is 1. The number of hydrogen-bond donors (Lipinski definition) is 1. The third kappa shape index (κ3) is 3.81. The first-order valence-corrected chi connectivity index (χ1v) is 6.63. The Balaban J connectivity index is 2.18. The van der Waals surface area contributed by atoms with Gasteiger partial charge in [-0.2, -0.15) is 5.26 Å². The number of rotatable bonds is 3. The summed E-state index contributed by atoms with van der Waals surface area (Å²) >= 11 is 0. The van der Waals surface area contributed by atoms with Crippen LogP contribution in [-0.2, 0) is 6.42 Å². The normalized spacial score (nSPS) is 13.2. The first-order chi connectivity index (χ1) is 8.98. The molecule has 0 heterocycles. The van der Waals surface area contributed by atoms with Gasteiger partial charge in [0, 0.05) is 12.0 Å². The van der Waals surface area contributed by atoms with E-state index >= 15 is 0 Å². The molecule has 0 aliphatic rings. The third-order valence-electron chi connectivity index (χ3n) is 3.02. The number of nitrogens with zero attached hydrogens (tertiary/aromatic N) is 1. The van der Waals surface area contributed by atoms with Crippen LogP contribution in [0.5, 0.6) is 0 Å². The van der Waals surface area contributed by atoms with E-state index in [9.17, 15) is 5.26 Å². The lowest BCUT2D eigenvalue weighted by Gasteiger charge is -2.24. The summed E-state index contributed by atoms with van der Waals surface area (Å²) in [6.45, 7) is 6.24. The zero-order valence-corrected chi connectivity index (χ0v) is 11.8. The maximum absolute atomic E-state index is 9.25. The number of hydrogen-bond acceptors (Lipinski definition) is 2. The molecule has 1 unspecified atom stereocenters. The van der Waals surface area contributed by atoms with Crippen molar-refractivity contribution in [3.05, 3.63) is 48.0 Å². The van der Waals surface area contributed by atoms with Crippen LogP contribution in [0.4, 0.5) is 0 Å². The van der Waals surface area contributed by atoms with Gasteiger partial charge < -0.3 is 0 Å². The zero-order chi connectivity index (χ0) is 13.9. The second kappa shape index (κ2) is 5.42. The monoisotopic (exact) mass is 252 g/mol. The first kappa shape index (κ1) is 13.6. The van der Waals surface area contributed by atoms with Crippen LogP contribution >= 0.6 is 0 Å². The molecule has 0 fully saturated rings. The molecule has 1 N–H and O–H groups in total. The predicted molar refractivity (Wildman–Crippen MR) is 79.9 cm³/mol. The highest BCUT2D eigenvalue weighted by Crippen LogP contribution is 2.17. The van der Waals surface area contributed by atoms with Gasteiger partial charge in [0.15, 0.2) is 0 Å². The molecule has 0 amide bonds. The fraction of sp³-hybridized carbons (Fsp3) is 0.353. The predicted octanol–water partition coefficient (Wildman–Crippen LogP) is 3.66. The van der Waals surface area contributed by atoms with Crippen molar-refractivity contribution in [2.24, 2.45) is 0 Å². The maximum atomic E-state index is 9.25. The Labute approximate surface area is 115 Å². The SMILES string of the molecule is CC(C)(C)NC(C#N)Cc1ccc2ccccc2c1. The minimum atomic E-state index is -0.152. The van der Waals surface area contributed by atoms with Gasteiger partial charge in [-0.3, -0.25) is 5.32 Å². The molecular weight excluding hydrogens is 232 g/mol. The minimum absolute atomic E-state index is 0.0444. The Hall–Kier alpha value is -1.85. The highest BCUT2D eigenvalue weighted by Gasteiger charge is 2.17. The van der Waals surface area contributed by atoms with Crippen molar-refractivity contribution in [3.63, 3.8) is 0 Å². The molecular formula is C17H20N2. The zero-order valence-electron chi connectivity index (χ0n) is 11.8. The van der Waals surface area contributed by atoms with Crippen molar-refractivity contribution >= 4 is 10.8 Å². The molecule has 1 atom stereocenters. The molecule has 0 bridgehead atoms. The summed E-state index contributed by atoms with van der Waals surface area (Å²) in [5.41, 5.74) is 1.15. The van der Waals surface area contributed by atoms with Crippen LogP contribution < -0.4 is 5.32 Å². The topological polar surface area (TPSA) is 35.8 Å². The van der Waals surface area contributed by atoms with Crippen LogP contribution in [0, 0.1) is 11.3 Å². The second-order valence-corrected chi connectivity index (χ2v) is 5.96. The lowest BCUT2D eigenvalue weighted by atomic mass is 10.00. The van der Waals surface area contributed by atoms with Crippen LogP contribution in [0.25, 0.3) is 10.8 Å². The van der Waals surface area contributed by atoms with Gasteiger partial charge in [0.2, 0.25) is 0 Å². The van der Waals surface area contributed by atoms with Gasteiger partial charge in [-0.05, 0) is 37.1 Å². The molecule has 2 nitrogen and oxygen atoms in total. The summed E-state index contributed by atoms with van der Waals surface area (Å²) < 4.78 is 0. The molecule has 0 saturated heterocycles. The van der Waals surface area contributed by atoms with E-state index in [0.29, 0.717) is 0 Å². The van der Waals surface area contributed by atoms with Crippen molar-refractivity contribution in [1.82, 2.24) is 5.32 Å². The van der Waals surface area contributed by atoms with Crippen molar-refractivity contribution in [3.8, 4) is 6.07 Å². The number of nitriles is 1. The Bertz CT molecular complexity index is 602. The standard InChI is InChI=1S/C17H20N2/c1-17(2,3)19-16(12-18)11-13-8-9-14-6-4-5-7-15(14)10-13/h4-10,16,19H,11H2,1-3H3. The average Bonchev–Trinajstić information content (AvgIpc) is 2.36. The van der Waals surface area contributed by atoms with Gasteiger partial charge in [-0.1, -0.05) is 42.5 Å². The van der Waals surface area contributed by atoms with E-state index in [1.807, 2.05) is 12.1 Å². The molecule has 98 valence electrons. The molecule has 2 heteroatoms. The molecule has 2 rings (SSSR count). The molecule has 0 saturated carbocycles. The van der Waals surface area contributed by atoms with Crippen LogP contribution in [-0.4, -0.2) is 11.6 Å². The molecule has 0 spiro atoms. The minimum Gasteiger partial charge on any atom is -0.297 e. The average molecular weight is 252 g/mol. The number of nitrogens with one attached hydrogen (secondary N) is 1. The summed E-state index contributed by atoms with van der Waals surface area (Å²) in [7, 11) is 0. The lowest BCUT2D eigenvalue weighted by Crippen LogP contribution is -2.43. The Morgan fingerprint density at radius 1 is 1.11 bits per heavy atom. The summed E-state index contributed by atoms with van der Waals surface area (Å²) in [5, 5.41) is 15.1. The molecule has 19 heavy (non-hydrogen) atoms. The Morgan fingerprint density at radius 3 is 2.42 bits per heavy atom. The number of benzene rings is 2. The van der Waals surface area contributed by atoms with Gasteiger partial charge in [-0.25, -0.2) is 0 Å². The van der Waals surface area contributed by atoms with E-state index in [4.69, 9.17) is 0 Å². The highest BCUT2D eigenvalue weighted by molar-refractivity contribution is 5.83. The van der Waals surface area contributed by atoms with Gasteiger partial charge in [0.05, 0.1) is 12.1 Å². The van der Waals surface area contributed by atoms with E-state index < -0.39 is 0 Å². The van der Waals surface area contributed by atoms with E-state index in [0.717, 1.165) is 6.42 Å². The van der Waals surface area contributed by atoms with E-state index in [1.54, 1.807) is 0 Å². The van der Waals surface area contributed by atoms with E-state index in [-0.39, 0.29) is 11.6 Å². The first-order valence-electron chi connectivity index (χ1n) is 6.63. The summed E-state index contributed by atoms with van der Waals surface area (Å²) in [5.74, 6) is 0. The van der Waals surface area contributed by atoms with E-state index in [1.165, 1.54) is 16.3 Å². The second-order valence-electron chi connectivity index (χ2n) is 5.96. The van der Waals surface area contributed by atoms with Crippen LogP contribution in [0.2, 0.25) is 0 Å². The summed E-state index contributed by atoms with van der Waals surface area (Å²) in [6, 6.07) is 16.9. The van der Waals surface area contributed by atoms with Crippen molar-refractivity contribution in [2.45, 2.75) is 38.8 Å². The van der Waals surface area contributed by atoms with Gasteiger partial charge >= 0.3 is 0 Å². The van der Waals surface area contributed by atoms with Gasteiger partial charge in [-0.15, -0.1) is 0 Å². The molecule has 2 aromatic rings. The molecule has 0 aromatic heterocycles. The van der Waals surface area contributed by atoms with Crippen molar-refractivity contribution in [2.75, 3.05) is 0 Å². The smallest absolute Gasteiger partial charge is 0.0997 e. The fourth-order valence-corrected chi connectivity index (χ4v) is 2.25. The molecule has 0 aliphatic heterocycles. The van der Waals surface area contributed by atoms with Crippen molar-refractivity contribution in [1.29, 1.82) is 5.26 Å². The summed E-state index contributed by atoms with van der Waals surface area (Å²) in [4.78, 5) is 0. The van der Waals surface area contributed by atoms with Crippen LogP contribution in [0.15, 0.2) is 42.5 Å². The highest BCUT2D eigenvalue weighted by atomic mass is 15.0. The van der Waals surface area contributed by atoms with Crippen molar-refractivity contribution < 1.29 is 0 Å². The van der Waals surface area contributed by atoms with Gasteiger partial charge in [0.1, 0.15) is 0 Å². The quantitative estimate of drug-likeness (QED) is 0.904. The van der Waals surface area contributed by atoms with Gasteiger partial charge in [0.25, 0.3) is 0 Å².